The molecule has 1 aliphatic carbocycles. The molecule has 0 saturated heterocycles. The van der Waals surface area contributed by atoms with Gasteiger partial charge in [-0.05, 0) is 79.1 Å². The fourth-order valence-electron chi connectivity index (χ4n) is 4.90. The molecule has 5 nitrogen and oxygen atoms in total. The minimum Gasteiger partial charge on any atom is -0.343 e. The third-order valence-electron chi connectivity index (χ3n) is 7.10. The molecular formula is C28H31N3O2. The van der Waals surface area contributed by atoms with Crippen LogP contribution in [0.5, 0.6) is 0 Å². The number of carbonyl (C=O) groups is 2. The Bertz CT molecular complexity index is 1200. The van der Waals surface area contributed by atoms with Crippen molar-refractivity contribution in [2.45, 2.75) is 57.2 Å². The van der Waals surface area contributed by atoms with E-state index in [4.69, 9.17) is 0 Å². The van der Waals surface area contributed by atoms with Gasteiger partial charge in [0.25, 0.3) is 0 Å². The van der Waals surface area contributed by atoms with Crippen molar-refractivity contribution in [3.63, 3.8) is 0 Å². The number of amides is 2. The first kappa shape index (κ1) is 21.7. The molecule has 2 amide bonds. The number of anilines is 1. The number of nitrogens with one attached hydrogen (secondary N) is 2. The number of para-hydroxylation sites is 1. The summed E-state index contributed by atoms with van der Waals surface area (Å²) in [5.74, 6) is 0.394. The summed E-state index contributed by atoms with van der Waals surface area (Å²) in [6.07, 6.45) is 3.76. The monoisotopic (exact) mass is 441 g/mol. The highest BCUT2D eigenvalue weighted by Gasteiger charge is 2.34. The van der Waals surface area contributed by atoms with Gasteiger partial charge in [-0.25, -0.2) is 0 Å². The molecule has 0 spiro atoms. The van der Waals surface area contributed by atoms with Crippen molar-refractivity contribution in [2.75, 3.05) is 11.9 Å². The number of aryl methyl sites for hydroxylation is 1. The van der Waals surface area contributed by atoms with Crippen molar-refractivity contribution >= 4 is 28.3 Å². The summed E-state index contributed by atoms with van der Waals surface area (Å²) in [4.78, 5) is 28.4. The summed E-state index contributed by atoms with van der Waals surface area (Å²) >= 11 is 0. The van der Waals surface area contributed by atoms with Crippen LogP contribution in [0.3, 0.4) is 0 Å². The zero-order valence-electron chi connectivity index (χ0n) is 19.3. The van der Waals surface area contributed by atoms with Crippen LogP contribution in [-0.2, 0) is 22.6 Å². The summed E-state index contributed by atoms with van der Waals surface area (Å²) in [6, 6.07) is 20.1. The standard InChI is InChI=1S/C28H31N3O2/c1-18(29-2)27(32)30-25-16-14-21-8-4-6-10-26(21)31(28(25)33)17-24-22-9-5-3-7-19(22)13-15-23(24)20-11-12-20/h3-10,13,15,18,20,25,29H,11-12,14,16-17H2,1-2H3,(H,30,32)/t18-,25-/m0/s1. The Morgan fingerprint density at radius 1 is 1.03 bits per heavy atom. The summed E-state index contributed by atoms with van der Waals surface area (Å²) in [6.45, 7) is 2.32. The maximum atomic E-state index is 13.9. The lowest BCUT2D eigenvalue weighted by molar-refractivity contribution is -0.128. The lowest BCUT2D eigenvalue weighted by Crippen LogP contribution is -2.52. The second kappa shape index (κ2) is 8.99. The van der Waals surface area contributed by atoms with E-state index >= 15 is 0 Å². The van der Waals surface area contributed by atoms with Crippen molar-refractivity contribution in [1.29, 1.82) is 0 Å². The van der Waals surface area contributed by atoms with Gasteiger partial charge in [0.2, 0.25) is 11.8 Å². The van der Waals surface area contributed by atoms with Crippen molar-refractivity contribution in [1.82, 2.24) is 10.6 Å². The van der Waals surface area contributed by atoms with Crippen molar-refractivity contribution < 1.29 is 9.59 Å². The highest BCUT2D eigenvalue weighted by Crippen LogP contribution is 2.44. The molecule has 1 heterocycles. The van der Waals surface area contributed by atoms with Gasteiger partial charge < -0.3 is 15.5 Å². The SMILES string of the molecule is CN[C@@H](C)C(=O)N[C@H]1CCc2ccccc2N(Cc2c(C3CC3)ccc3ccccc23)C1=O. The largest absolute Gasteiger partial charge is 0.343 e. The molecular weight excluding hydrogens is 410 g/mol. The molecule has 1 fully saturated rings. The maximum absolute atomic E-state index is 13.9. The van der Waals surface area contributed by atoms with Gasteiger partial charge in [0.05, 0.1) is 12.6 Å². The Morgan fingerprint density at radius 2 is 1.79 bits per heavy atom. The summed E-state index contributed by atoms with van der Waals surface area (Å²) < 4.78 is 0. The molecule has 2 atom stereocenters. The van der Waals surface area contributed by atoms with E-state index in [0.29, 0.717) is 18.9 Å². The number of hydrogen-bond acceptors (Lipinski definition) is 3. The molecule has 0 radical (unpaired) electrons. The number of rotatable bonds is 6. The van der Waals surface area contributed by atoms with E-state index in [2.05, 4.69) is 53.1 Å². The topological polar surface area (TPSA) is 61.4 Å². The molecule has 3 aromatic carbocycles. The van der Waals surface area contributed by atoms with E-state index in [0.717, 1.165) is 17.7 Å². The lowest BCUT2D eigenvalue weighted by Gasteiger charge is -2.28. The summed E-state index contributed by atoms with van der Waals surface area (Å²) in [5, 5.41) is 8.37. The summed E-state index contributed by atoms with van der Waals surface area (Å²) in [7, 11) is 1.75. The van der Waals surface area contributed by atoms with Gasteiger partial charge in [-0.1, -0.05) is 54.6 Å². The second-order valence-electron chi connectivity index (χ2n) is 9.29. The van der Waals surface area contributed by atoms with Gasteiger partial charge in [0.15, 0.2) is 0 Å². The molecule has 33 heavy (non-hydrogen) atoms. The molecule has 1 saturated carbocycles. The van der Waals surface area contributed by atoms with Gasteiger partial charge in [-0.2, -0.15) is 0 Å². The molecule has 1 aliphatic heterocycles. The van der Waals surface area contributed by atoms with Crippen LogP contribution in [0.2, 0.25) is 0 Å². The van der Waals surface area contributed by atoms with Gasteiger partial charge in [0, 0.05) is 5.69 Å². The fourth-order valence-corrected chi connectivity index (χ4v) is 4.90. The van der Waals surface area contributed by atoms with E-state index in [9.17, 15) is 9.59 Å². The van der Waals surface area contributed by atoms with Gasteiger partial charge in [0.1, 0.15) is 6.04 Å². The van der Waals surface area contributed by atoms with E-state index < -0.39 is 6.04 Å². The van der Waals surface area contributed by atoms with Gasteiger partial charge in [-0.15, -0.1) is 0 Å². The van der Waals surface area contributed by atoms with Crippen LogP contribution in [0, 0.1) is 0 Å². The average molecular weight is 442 g/mol. The second-order valence-corrected chi connectivity index (χ2v) is 9.29. The smallest absolute Gasteiger partial charge is 0.249 e. The Kier molecular flexibility index (Phi) is 5.90. The minimum absolute atomic E-state index is 0.0358. The van der Waals surface area contributed by atoms with Crippen LogP contribution in [0.25, 0.3) is 10.8 Å². The maximum Gasteiger partial charge on any atom is 0.249 e. The number of likely N-dealkylation sites (N-methyl/N-ethyl adjacent to an activating group) is 1. The predicted molar refractivity (Wildman–Crippen MR) is 132 cm³/mol. The molecule has 5 heteroatoms. The van der Waals surface area contributed by atoms with Gasteiger partial charge in [-0.3, -0.25) is 9.59 Å². The highest BCUT2D eigenvalue weighted by molar-refractivity contribution is 6.01. The van der Waals surface area contributed by atoms with Crippen LogP contribution in [0.4, 0.5) is 5.69 Å². The number of fused-ring (bicyclic) bond motifs is 2. The molecule has 170 valence electrons. The normalized spacial score (nSPS) is 19.2. The van der Waals surface area contributed by atoms with E-state index in [1.54, 1.807) is 14.0 Å². The number of hydrogen-bond donors (Lipinski definition) is 2. The molecule has 0 bridgehead atoms. The van der Waals surface area contributed by atoms with Crippen LogP contribution in [0.15, 0.2) is 60.7 Å². The van der Waals surface area contributed by atoms with Crippen LogP contribution >= 0.6 is 0 Å². The minimum atomic E-state index is -0.542. The Morgan fingerprint density at radius 3 is 2.58 bits per heavy atom. The van der Waals surface area contributed by atoms with Crippen molar-refractivity contribution in [2.24, 2.45) is 0 Å². The lowest BCUT2D eigenvalue weighted by atomic mass is 9.95. The molecule has 2 N–H and O–H groups in total. The van der Waals surface area contributed by atoms with E-state index in [1.165, 1.54) is 34.7 Å². The molecule has 3 aromatic rings. The first-order valence-corrected chi connectivity index (χ1v) is 11.9. The average Bonchev–Trinajstić information content (AvgIpc) is 3.70. The molecule has 2 aliphatic rings. The quantitative estimate of drug-likeness (QED) is 0.600. The molecule has 5 rings (SSSR count). The molecule has 0 aromatic heterocycles. The third-order valence-corrected chi connectivity index (χ3v) is 7.10. The number of nitrogens with zero attached hydrogens (tertiary/aromatic N) is 1. The van der Waals surface area contributed by atoms with Crippen molar-refractivity contribution in [3.8, 4) is 0 Å². The Labute approximate surface area is 195 Å². The van der Waals surface area contributed by atoms with Crippen LogP contribution in [0.1, 0.15) is 48.8 Å². The molecule has 0 unspecified atom stereocenters. The number of carbonyl (C=O) groups excluding carboxylic acids is 2. The van der Waals surface area contributed by atoms with E-state index in [1.807, 2.05) is 23.1 Å². The Hall–Kier alpha value is -3.18. The predicted octanol–water partition coefficient (Wildman–Crippen LogP) is 4.29. The zero-order chi connectivity index (χ0) is 22.9. The first-order chi connectivity index (χ1) is 16.1. The van der Waals surface area contributed by atoms with Gasteiger partial charge >= 0.3 is 0 Å². The number of benzene rings is 3. The van der Waals surface area contributed by atoms with E-state index in [-0.39, 0.29) is 17.9 Å². The zero-order valence-corrected chi connectivity index (χ0v) is 19.3. The van der Waals surface area contributed by atoms with Crippen molar-refractivity contribution in [3.05, 3.63) is 77.4 Å². The van der Waals surface area contributed by atoms with Crippen LogP contribution in [-0.4, -0.2) is 30.9 Å². The Balaban J connectivity index is 1.56. The highest BCUT2D eigenvalue weighted by atomic mass is 16.2. The third kappa shape index (κ3) is 4.25. The van der Waals surface area contributed by atoms with Crippen LogP contribution < -0.4 is 15.5 Å². The summed E-state index contributed by atoms with van der Waals surface area (Å²) in [5.41, 5.74) is 4.69. The fraction of sp³-hybridized carbons (Fsp3) is 0.357. The first-order valence-electron chi connectivity index (χ1n) is 11.9.